The Kier molecular flexibility index (Phi) is 9.50. The SMILES string of the molecule is CCCCCCNC(=O)[C@@H]1CCCN(C(=O)c2ccc(S(=O)(=O)N3C[C@@H](C)O[C@H](C)C3)cc2)C1. The van der Waals surface area contributed by atoms with Gasteiger partial charge in [-0.25, -0.2) is 8.42 Å². The van der Waals surface area contributed by atoms with Gasteiger partial charge in [-0.2, -0.15) is 4.31 Å². The second-order valence-electron chi connectivity index (χ2n) is 9.55. The van der Waals surface area contributed by atoms with Crippen LogP contribution in [0.25, 0.3) is 0 Å². The lowest BCUT2D eigenvalue weighted by Crippen LogP contribution is -2.48. The Labute approximate surface area is 204 Å². The highest BCUT2D eigenvalue weighted by atomic mass is 32.2. The van der Waals surface area contributed by atoms with Crippen LogP contribution in [0.2, 0.25) is 0 Å². The lowest BCUT2D eigenvalue weighted by Gasteiger charge is -2.34. The van der Waals surface area contributed by atoms with Crippen molar-refractivity contribution in [2.45, 2.75) is 76.4 Å². The standard InChI is InChI=1S/C25H39N3O5S/c1-4-5-6-7-14-26-24(29)22-9-8-15-27(18-22)25(30)21-10-12-23(13-11-21)34(31,32)28-16-19(2)33-20(3)17-28/h10-13,19-20,22H,4-9,14-18H2,1-3H3,(H,26,29)/t19-,20-,22-/m1/s1. The summed E-state index contributed by atoms with van der Waals surface area (Å²) in [7, 11) is -3.65. The summed E-state index contributed by atoms with van der Waals surface area (Å²) < 4.78 is 33.2. The number of hydrogen-bond donors (Lipinski definition) is 1. The number of amides is 2. The van der Waals surface area contributed by atoms with Crippen LogP contribution in [-0.4, -0.2) is 74.4 Å². The molecule has 9 heteroatoms. The first-order valence-electron chi connectivity index (χ1n) is 12.5. The third-order valence-corrected chi connectivity index (χ3v) is 8.38. The summed E-state index contributed by atoms with van der Waals surface area (Å²) in [6, 6.07) is 6.13. The van der Waals surface area contributed by atoms with Crippen LogP contribution in [0.1, 0.15) is 69.7 Å². The average molecular weight is 494 g/mol. The Morgan fingerprint density at radius 3 is 2.35 bits per heavy atom. The number of hydrogen-bond acceptors (Lipinski definition) is 5. The minimum atomic E-state index is -3.65. The summed E-state index contributed by atoms with van der Waals surface area (Å²) in [5, 5.41) is 3.01. The Bertz CT molecular complexity index is 924. The Hall–Kier alpha value is -1.97. The molecule has 0 spiro atoms. The number of carbonyl (C=O) groups excluding carboxylic acids is 2. The molecule has 0 radical (unpaired) electrons. The fourth-order valence-electron chi connectivity index (χ4n) is 4.71. The van der Waals surface area contributed by atoms with Gasteiger partial charge in [0, 0.05) is 38.3 Å². The fourth-order valence-corrected chi connectivity index (χ4v) is 6.30. The van der Waals surface area contributed by atoms with Crippen LogP contribution in [0.3, 0.4) is 0 Å². The monoisotopic (exact) mass is 493 g/mol. The van der Waals surface area contributed by atoms with Gasteiger partial charge >= 0.3 is 0 Å². The number of sulfonamides is 1. The van der Waals surface area contributed by atoms with Crippen LogP contribution in [-0.2, 0) is 19.6 Å². The molecule has 2 aliphatic rings. The Balaban J connectivity index is 1.59. The number of likely N-dealkylation sites (tertiary alicyclic amines) is 1. The first-order chi connectivity index (χ1) is 16.2. The summed E-state index contributed by atoms with van der Waals surface area (Å²) in [6.45, 7) is 8.17. The predicted octanol–water partition coefficient (Wildman–Crippen LogP) is 3.03. The van der Waals surface area contributed by atoms with Crippen molar-refractivity contribution < 1.29 is 22.7 Å². The lowest BCUT2D eigenvalue weighted by molar-refractivity contribution is -0.126. The number of carbonyl (C=O) groups is 2. The smallest absolute Gasteiger partial charge is 0.253 e. The molecule has 190 valence electrons. The van der Waals surface area contributed by atoms with E-state index in [9.17, 15) is 18.0 Å². The van der Waals surface area contributed by atoms with Crippen molar-refractivity contribution in [2.24, 2.45) is 5.92 Å². The molecule has 34 heavy (non-hydrogen) atoms. The Morgan fingerprint density at radius 2 is 1.71 bits per heavy atom. The summed E-state index contributed by atoms with van der Waals surface area (Å²) >= 11 is 0. The van der Waals surface area contributed by atoms with Crippen molar-refractivity contribution in [1.29, 1.82) is 0 Å². The summed E-state index contributed by atoms with van der Waals surface area (Å²) in [5.74, 6) is -0.351. The van der Waals surface area contributed by atoms with Gasteiger partial charge in [-0.05, 0) is 57.4 Å². The van der Waals surface area contributed by atoms with Gasteiger partial charge in [-0.1, -0.05) is 26.2 Å². The average Bonchev–Trinajstić information content (AvgIpc) is 2.83. The highest BCUT2D eigenvalue weighted by molar-refractivity contribution is 7.89. The molecular formula is C25H39N3O5S. The molecule has 3 atom stereocenters. The van der Waals surface area contributed by atoms with Crippen LogP contribution in [0.15, 0.2) is 29.2 Å². The van der Waals surface area contributed by atoms with Gasteiger partial charge in [0.15, 0.2) is 0 Å². The summed E-state index contributed by atoms with van der Waals surface area (Å²) in [6.07, 6.45) is 5.64. The van der Waals surface area contributed by atoms with E-state index < -0.39 is 10.0 Å². The van der Waals surface area contributed by atoms with Gasteiger partial charge in [0.05, 0.1) is 23.0 Å². The number of ether oxygens (including phenoxy) is 1. The van der Waals surface area contributed by atoms with E-state index in [-0.39, 0.29) is 34.8 Å². The van der Waals surface area contributed by atoms with Crippen LogP contribution < -0.4 is 5.32 Å². The number of benzene rings is 1. The summed E-state index contributed by atoms with van der Waals surface area (Å²) in [5.41, 5.74) is 0.434. The van der Waals surface area contributed by atoms with E-state index in [2.05, 4.69) is 12.2 Å². The third-order valence-electron chi connectivity index (χ3n) is 6.53. The second kappa shape index (κ2) is 12.1. The van der Waals surface area contributed by atoms with Gasteiger partial charge in [-0.3, -0.25) is 9.59 Å². The normalized spacial score (nSPS) is 24.1. The van der Waals surface area contributed by atoms with Crippen LogP contribution in [0, 0.1) is 5.92 Å². The number of nitrogens with one attached hydrogen (secondary N) is 1. The molecule has 0 aliphatic carbocycles. The molecule has 0 bridgehead atoms. The molecule has 3 rings (SSSR count). The molecule has 1 aromatic rings. The van der Waals surface area contributed by atoms with E-state index in [4.69, 9.17) is 4.74 Å². The van der Waals surface area contributed by atoms with Gasteiger partial charge in [-0.15, -0.1) is 0 Å². The molecule has 2 amide bonds. The van der Waals surface area contributed by atoms with Crippen molar-refractivity contribution >= 4 is 21.8 Å². The fraction of sp³-hybridized carbons (Fsp3) is 0.680. The van der Waals surface area contributed by atoms with Crippen molar-refractivity contribution in [3.05, 3.63) is 29.8 Å². The number of unbranched alkanes of at least 4 members (excludes halogenated alkanes) is 3. The second-order valence-corrected chi connectivity index (χ2v) is 11.5. The van der Waals surface area contributed by atoms with Gasteiger partial charge in [0.1, 0.15) is 0 Å². The van der Waals surface area contributed by atoms with Crippen LogP contribution in [0.4, 0.5) is 0 Å². The molecule has 1 N–H and O–H groups in total. The maximum Gasteiger partial charge on any atom is 0.253 e. The minimum Gasteiger partial charge on any atom is -0.373 e. The number of nitrogens with zero attached hydrogens (tertiary/aromatic N) is 2. The maximum atomic E-state index is 13.1. The predicted molar refractivity (Wildman–Crippen MR) is 131 cm³/mol. The molecule has 2 saturated heterocycles. The molecule has 2 fully saturated rings. The quantitative estimate of drug-likeness (QED) is 0.534. The van der Waals surface area contributed by atoms with E-state index in [1.165, 1.54) is 22.9 Å². The molecule has 0 saturated carbocycles. The van der Waals surface area contributed by atoms with E-state index in [1.54, 1.807) is 17.0 Å². The molecule has 0 unspecified atom stereocenters. The van der Waals surface area contributed by atoms with E-state index in [0.717, 1.165) is 32.1 Å². The molecule has 0 aromatic heterocycles. The number of piperidine rings is 1. The highest BCUT2D eigenvalue weighted by Gasteiger charge is 2.33. The first kappa shape index (κ1) is 26.6. The molecule has 2 aliphatic heterocycles. The van der Waals surface area contributed by atoms with E-state index in [0.29, 0.717) is 38.3 Å². The molecule has 2 heterocycles. The van der Waals surface area contributed by atoms with Crippen LogP contribution >= 0.6 is 0 Å². The summed E-state index contributed by atoms with van der Waals surface area (Å²) in [4.78, 5) is 27.5. The molecule has 1 aromatic carbocycles. The van der Waals surface area contributed by atoms with Crippen LogP contribution in [0.5, 0.6) is 0 Å². The number of rotatable bonds is 9. The van der Waals surface area contributed by atoms with Gasteiger partial charge in [0.25, 0.3) is 5.91 Å². The lowest BCUT2D eigenvalue weighted by atomic mass is 9.96. The Morgan fingerprint density at radius 1 is 1.03 bits per heavy atom. The first-order valence-corrected chi connectivity index (χ1v) is 14.0. The van der Waals surface area contributed by atoms with E-state index in [1.807, 2.05) is 13.8 Å². The van der Waals surface area contributed by atoms with Crippen molar-refractivity contribution in [1.82, 2.24) is 14.5 Å². The topological polar surface area (TPSA) is 96.0 Å². The largest absolute Gasteiger partial charge is 0.373 e. The molecular weight excluding hydrogens is 454 g/mol. The zero-order valence-electron chi connectivity index (χ0n) is 20.7. The number of morpholine rings is 1. The third kappa shape index (κ3) is 6.79. The zero-order valence-corrected chi connectivity index (χ0v) is 21.5. The van der Waals surface area contributed by atoms with Crippen molar-refractivity contribution in [2.75, 3.05) is 32.7 Å². The van der Waals surface area contributed by atoms with Gasteiger partial charge < -0.3 is 15.0 Å². The van der Waals surface area contributed by atoms with Crippen molar-refractivity contribution in [3.8, 4) is 0 Å². The van der Waals surface area contributed by atoms with Gasteiger partial charge in [0.2, 0.25) is 15.9 Å². The highest BCUT2D eigenvalue weighted by Crippen LogP contribution is 2.23. The molecule has 8 nitrogen and oxygen atoms in total. The zero-order chi connectivity index (χ0) is 24.7. The maximum absolute atomic E-state index is 13.1. The van der Waals surface area contributed by atoms with E-state index >= 15 is 0 Å². The minimum absolute atomic E-state index is 0.0180. The van der Waals surface area contributed by atoms with Crippen molar-refractivity contribution in [3.63, 3.8) is 0 Å².